The molecule has 0 spiro atoms. The fourth-order valence-corrected chi connectivity index (χ4v) is 2.37. The maximum Gasteiger partial charge on any atom is 0.220 e. The van der Waals surface area contributed by atoms with Crippen molar-refractivity contribution in [2.45, 2.75) is 64.8 Å². The van der Waals surface area contributed by atoms with Crippen LogP contribution in [-0.4, -0.2) is 11.4 Å². The van der Waals surface area contributed by atoms with Crippen molar-refractivity contribution in [2.75, 3.05) is 0 Å². The molecule has 0 bridgehead atoms. The van der Waals surface area contributed by atoms with Crippen molar-refractivity contribution >= 4 is 5.91 Å². The molecule has 0 saturated heterocycles. The predicted molar refractivity (Wildman–Crippen MR) is 59.1 cm³/mol. The van der Waals surface area contributed by atoms with E-state index in [0.717, 1.165) is 0 Å². The summed E-state index contributed by atoms with van der Waals surface area (Å²) in [6, 6.07) is 0. The Morgan fingerprint density at radius 1 is 1.29 bits per heavy atom. The minimum atomic E-state index is -0.00644. The monoisotopic (exact) mass is 197 g/mol. The fourth-order valence-electron chi connectivity index (χ4n) is 2.37. The zero-order valence-corrected chi connectivity index (χ0v) is 9.73. The Labute approximate surface area is 87.5 Å². The van der Waals surface area contributed by atoms with Crippen molar-refractivity contribution in [3.63, 3.8) is 0 Å². The molecule has 2 heteroatoms. The maximum absolute atomic E-state index is 11.4. The second-order valence-electron chi connectivity index (χ2n) is 4.96. The molecule has 0 unspecified atom stereocenters. The highest BCUT2D eigenvalue weighted by molar-refractivity contribution is 5.76. The molecule has 14 heavy (non-hydrogen) atoms. The molecule has 1 saturated carbocycles. The van der Waals surface area contributed by atoms with Gasteiger partial charge >= 0.3 is 0 Å². The normalized spacial score (nSPS) is 19.4. The fraction of sp³-hybridized carbons (Fsp3) is 0.917. The summed E-state index contributed by atoms with van der Waals surface area (Å²) in [5.74, 6) is 0.854. The molecule has 0 radical (unpaired) electrons. The summed E-state index contributed by atoms with van der Waals surface area (Å²) >= 11 is 0. The summed E-state index contributed by atoms with van der Waals surface area (Å²) in [6.45, 7) is 6.24. The van der Waals surface area contributed by atoms with Crippen LogP contribution in [0, 0.1) is 5.92 Å². The quantitative estimate of drug-likeness (QED) is 0.740. The summed E-state index contributed by atoms with van der Waals surface area (Å²) < 4.78 is 0. The number of hydrogen-bond donors (Lipinski definition) is 1. The van der Waals surface area contributed by atoms with E-state index in [1.165, 1.54) is 32.1 Å². The lowest BCUT2D eigenvalue weighted by Crippen LogP contribution is -2.49. The van der Waals surface area contributed by atoms with E-state index in [9.17, 15) is 4.79 Å². The van der Waals surface area contributed by atoms with Crippen molar-refractivity contribution < 1.29 is 4.79 Å². The molecule has 1 amide bonds. The molecule has 1 aliphatic rings. The number of hydrogen-bond acceptors (Lipinski definition) is 1. The molecule has 2 nitrogen and oxygen atoms in total. The predicted octanol–water partition coefficient (Wildman–Crippen LogP) is 2.87. The number of carbonyl (C=O) groups is 1. The van der Waals surface area contributed by atoms with Gasteiger partial charge in [0, 0.05) is 12.0 Å². The summed E-state index contributed by atoms with van der Waals surface area (Å²) in [6.07, 6.45) is 7.17. The van der Waals surface area contributed by atoms with Crippen LogP contribution in [0.2, 0.25) is 0 Å². The largest absolute Gasteiger partial charge is 0.351 e. The molecular weight excluding hydrogens is 174 g/mol. The Kier molecular flexibility index (Phi) is 3.97. The van der Waals surface area contributed by atoms with E-state index >= 15 is 0 Å². The van der Waals surface area contributed by atoms with Gasteiger partial charge in [-0.2, -0.15) is 0 Å². The van der Waals surface area contributed by atoms with Crippen LogP contribution in [0.25, 0.3) is 0 Å². The molecule has 82 valence electrons. The van der Waals surface area contributed by atoms with Crippen molar-refractivity contribution in [2.24, 2.45) is 5.92 Å². The number of amides is 1. The standard InChI is InChI=1S/C12H23NO/c1-4-11(14)13-12(2,3)10-8-6-5-7-9-10/h10H,4-9H2,1-3H3,(H,13,14). The molecule has 1 aliphatic carbocycles. The van der Waals surface area contributed by atoms with Gasteiger partial charge in [0.25, 0.3) is 0 Å². The first-order valence-electron chi connectivity index (χ1n) is 5.87. The number of carbonyl (C=O) groups excluding carboxylic acids is 1. The van der Waals surface area contributed by atoms with Gasteiger partial charge in [0.15, 0.2) is 0 Å². The van der Waals surface area contributed by atoms with Gasteiger partial charge in [-0.15, -0.1) is 0 Å². The Morgan fingerprint density at radius 2 is 1.86 bits per heavy atom. The second kappa shape index (κ2) is 4.81. The molecular formula is C12H23NO. The van der Waals surface area contributed by atoms with Crippen LogP contribution in [0.3, 0.4) is 0 Å². The minimum absolute atomic E-state index is 0.00644. The van der Waals surface area contributed by atoms with Crippen LogP contribution in [0.15, 0.2) is 0 Å². The molecule has 0 atom stereocenters. The lowest BCUT2D eigenvalue weighted by atomic mass is 9.76. The molecule has 0 aromatic rings. The van der Waals surface area contributed by atoms with E-state index in [4.69, 9.17) is 0 Å². The summed E-state index contributed by atoms with van der Waals surface area (Å²) in [7, 11) is 0. The first-order valence-corrected chi connectivity index (χ1v) is 5.87. The van der Waals surface area contributed by atoms with Gasteiger partial charge in [0.1, 0.15) is 0 Å². The third-order valence-corrected chi connectivity index (χ3v) is 3.41. The highest BCUT2D eigenvalue weighted by Gasteiger charge is 2.31. The highest BCUT2D eigenvalue weighted by Crippen LogP contribution is 2.32. The highest BCUT2D eigenvalue weighted by atomic mass is 16.1. The van der Waals surface area contributed by atoms with Gasteiger partial charge in [0.2, 0.25) is 5.91 Å². The lowest BCUT2D eigenvalue weighted by Gasteiger charge is -2.37. The molecule has 0 heterocycles. The van der Waals surface area contributed by atoms with E-state index in [1.54, 1.807) is 0 Å². The van der Waals surface area contributed by atoms with Crippen LogP contribution in [-0.2, 0) is 4.79 Å². The Morgan fingerprint density at radius 3 is 2.36 bits per heavy atom. The summed E-state index contributed by atoms with van der Waals surface area (Å²) in [5.41, 5.74) is -0.00644. The Balaban J connectivity index is 2.49. The van der Waals surface area contributed by atoms with E-state index in [0.29, 0.717) is 12.3 Å². The number of rotatable bonds is 3. The molecule has 0 aromatic carbocycles. The minimum Gasteiger partial charge on any atom is -0.351 e. The van der Waals surface area contributed by atoms with Gasteiger partial charge in [-0.3, -0.25) is 4.79 Å². The van der Waals surface area contributed by atoms with Crippen molar-refractivity contribution in [1.82, 2.24) is 5.32 Å². The number of nitrogens with one attached hydrogen (secondary N) is 1. The van der Waals surface area contributed by atoms with E-state index in [-0.39, 0.29) is 11.4 Å². The Hall–Kier alpha value is -0.530. The van der Waals surface area contributed by atoms with Gasteiger partial charge < -0.3 is 5.32 Å². The first kappa shape index (κ1) is 11.5. The molecule has 1 N–H and O–H groups in total. The third-order valence-electron chi connectivity index (χ3n) is 3.41. The molecule has 1 rings (SSSR count). The van der Waals surface area contributed by atoms with Gasteiger partial charge in [-0.1, -0.05) is 26.2 Å². The molecule has 0 aromatic heterocycles. The van der Waals surface area contributed by atoms with E-state index in [1.807, 2.05) is 6.92 Å². The van der Waals surface area contributed by atoms with Crippen LogP contribution in [0.5, 0.6) is 0 Å². The van der Waals surface area contributed by atoms with Crippen LogP contribution in [0.4, 0.5) is 0 Å². The van der Waals surface area contributed by atoms with E-state index in [2.05, 4.69) is 19.2 Å². The summed E-state index contributed by atoms with van der Waals surface area (Å²) in [4.78, 5) is 11.4. The summed E-state index contributed by atoms with van der Waals surface area (Å²) in [5, 5.41) is 3.14. The smallest absolute Gasteiger partial charge is 0.220 e. The van der Waals surface area contributed by atoms with Crippen LogP contribution in [0.1, 0.15) is 59.3 Å². The molecule has 1 fully saturated rings. The van der Waals surface area contributed by atoms with Gasteiger partial charge in [-0.25, -0.2) is 0 Å². The second-order valence-corrected chi connectivity index (χ2v) is 4.96. The topological polar surface area (TPSA) is 29.1 Å². The van der Waals surface area contributed by atoms with Gasteiger partial charge in [-0.05, 0) is 32.6 Å². The van der Waals surface area contributed by atoms with Gasteiger partial charge in [0.05, 0.1) is 0 Å². The average Bonchev–Trinajstić information content (AvgIpc) is 2.18. The Bertz CT molecular complexity index is 192. The third kappa shape index (κ3) is 3.00. The zero-order valence-electron chi connectivity index (χ0n) is 9.73. The molecule has 0 aliphatic heterocycles. The van der Waals surface area contributed by atoms with Crippen molar-refractivity contribution in [3.8, 4) is 0 Å². The lowest BCUT2D eigenvalue weighted by molar-refractivity contribution is -0.123. The van der Waals surface area contributed by atoms with Crippen LogP contribution >= 0.6 is 0 Å². The average molecular weight is 197 g/mol. The zero-order chi connectivity index (χ0) is 10.6. The SMILES string of the molecule is CCC(=O)NC(C)(C)C1CCCCC1. The van der Waals surface area contributed by atoms with E-state index < -0.39 is 0 Å². The first-order chi connectivity index (χ1) is 6.56. The maximum atomic E-state index is 11.4. The van der Waals surface area contributed by atoms with Crippen LogP contribution < -0.4 is 5.32 Å². The van der Waals surface area contributed by atoms with Crippen molar-refractivity contribution in [3.05, 3.63) is 0 Å². The van der Waals surface area contributed by atoms with Crippen molar-refractivity contribution in [1.29, 1.82) is 0 Å².